The topological polar surface area (TPSA) is 32.7 Å². The van der Waals surface area contributed by atoms with Crippen molar-refractivity contribution in [3.8, 4) is 5.75 Å². The third kappa shape index (κ3) is 3.39. The molecule has 1 aliphatic rings. The van der Waals surface area contributed by atoms with Gasteiger partial charge in [-0.15, -0.1) is 0 Å². The van der Waals surface area contributed by atoms with Crippen LogP contribution in [0, 0.1) is 0 Å². The molecule has 100 valence electrons. The molecule has 1 heterocycles. The van der Waals surface area contributed by atoms with Gasteiger partial charge in [-0.1, -0.05) is 0 Å². The highest BCUT2D eigenvalue weighted by molar-refractivity contribution is 5.49. The van der Waals surface area contributed by atoms with Crippen molar-refractivity contribution >= 4 is 5.69 Å². The Kier molecular flexibility index (Phi) is 4.12. The Labute approximate surface area is 109 Å². The van der Waals surface area contributed by atoms with Crippen LogP contribution in [0.25, 0.3) is 0 Å². The number of hydrogen-bond donors (Lipinski definition) is 1. The number of rotatable bonds is 4. The lowest BCUT2D eigenvalue weighted by Crippen LogP contribution is -2.32. The predicted molar refractivity (Wildman–Crippen MR) is 74.3 cm³/mol. The minimum absolute atomic E-state index is 0.0148. The van der Waals surface area contributed by atoms with Crippen molar-refractivity contribution in [3.05, 3.63) is 24.3 Å². The summed E-state index contributed by atoms with van der Waals surface area (Å²) in [5.41, 5.74) is 0.746. The Balaban J connectivity index is 2.00. The van der Waals surface area contributed by atoms with Crippen molar-refractivity contribution in [3.63, 3.8) is 0 Å². The zero-order valence-corrected chi connectivity index (χ0v) is 11.4. The summed E-state index contributed by atoms with van der Waals surface area (Å²) in [5, 5.41) is 9.18. The van der Waals surface area contributed by atoms with Gasteiger partial charge in [0.15, 0.2) is 0 Å². The molecule has 0 radical (unpaired) electrons. The number of benzene rings is 1. The Morgan fingerprint density at radius 1 is 1.11 bits per heavy atom. The summed E-state index contributed by atoms with van der Waals surface area (Å²) in [5.74, 6) is 0.815. The maximum Gasteiger partial charge on any atom is 0.126 e. The summed E-state index contributed by atoms with van der Waals surface area (Å²) in [7, 11) is 0. The first-order chi connectivity index (χ1) is 8.61. The number of ether oxygens (including phenoxy) is 1. The van der Waals surface area contributed by atoms with Crippen LogP contribution in [-0.4, -0.2) is 30.4 Å². The fourth-order valence-electron chi connectivity index (χ4n) is 2.23. The van der Waals surface area contributed by atoms with Gasteiger partial charge < -0.3 is 14.7 Å². The molecule has 0 saturated carbocycles. The van der Waals surface area contributed by atoms with Gasteiger partial charge in [0, 0.05) is 18.8 Å². The van der Waals surface area contributed by atoms with Gasteiger partial charge in [-0.25, -0.2) is 0 Å². The van der Waals surface area contributed by atoms with Crippen molar-refractivity contribution in [2.75, 3.05) is 24.6 Å². The first kappa shape index (κ1) is 13.2. The molecule has 2 rings (SSSR count). The van der Waals surface area contributed by atoms with Gasteiger partial charge in [0.05, 0.1) is 6.61 Å². The van der Waals surface area contributed by atoms with Crippen LogP contribution in [0.1, 0.15) is 33.1 Å². The number of aliphatic hydroxyl groups is 1. The van der Waals surface area contributed by atoms with Gasteiger partial charge in [0.1, 0.15) is 11.4 Å². The van der Waals surface area contributed by atoms with E-state index in [1.807, 2.05) is 26.0 Å². The molecular weight excluding hydrogens is 226 g/mol. The van der Waals surface area contributed by atoms with Crippen LogP contribution in [0.4, 0.5) is 5.69 Å². The molecule has 1 N–H and O–H groups in total. The summed E-state index contributed by atoms with van der Waals surface area (Å²) >= 11 is 0. The Hall–Kier alpha value is -1.22. The zero-order chi connectivity index (χ0) is 13.0. The quantitative estimate of drug-likeness (QED) is 0.890. The van der Waals surface area contributed by atoms with Crippen LogP contribution in [0.15, 0.2) is 24.3 Å². The second-order valence-corrected chi connectivity index (χ2v) is 5.56. The second kappa shape index (κ2) is 5.61. The van der Waals surface area contributed by atoms with E-state index in [1.54, 1.807) is 0 Å². The van der Waals surface area contributed by atoms with E-state index in [0.29, 0.717) is 0 Å². The first-order valence-electron chi connectivity index (χ1n) is 6.76. The molecule has 0 aromatic heterocycles. The molecule has 1 fully saturated rings. The molecule has 18 heavy (non-hydrogen) atoms. The van der Waals surface area contributed by atoms with E-state index < -0.39 is 5.60 Å². The number of piperidine rings is 1. The number of hydrogen-bond acceptors (Lipinski definition) is 3. The molecule has 1 aromatic rings. The van der Waals surface area contributed by atoms with Crippen LogP contribution in [0.5, 0.6) is 5.75 Å². The Bertz CT molecular complexity index is 367. The summed E-state index contributed by atoms with van der Waals surface area (Å²) in [6, 6.07) is 8.19. The van der Waals surface area contributed by atoms with E-state index >= 15 is 0 Å². The number of anilines is 1. The van der Waals surface area contributed by atoms with Crippen molar-refractivity contribution in [1.29, 1.82) is 0 Å². The van der Waals surface area contributed by atoms with Crippen molar-refractivity contribution in [2.24, 2.45) is 0 Å². The molecule has 0 unspecified atom stereocenters. The normalized spacial score (nSPS) is 16.7. The van der Waals surface area contributed by atoms with Gasteiger partial charge in [0.2, 0.25) is 0 Å². The minimum atomic E-state index is -0.521. The van der Waals surface area contributed by atoms with Gasteiger partial charge in [0.25, 0.3) is 0 Å². The predicted octanol–water partition coefficient (Wildman–Crippen LogP) is 2.83. The van der Waals surface area contributed by atoms with E-state index in [1.165, 1.54) is 24.9 Å². The van der Waals surface area contributed by atoms with Crippen molar-refractivity contribution < 1.29 is 9.84 Å². The van der Waals surface area contributed by atoms with Crippen LogP contribution >= 0.6 is 0 Å². The van der Waals surface area contributed by atoms with E-state index in [4.69, 9.17) is 4.74 Å². The lowest BCUT2D eigenvalue weighted by Gasteiger charge is -2.29. The smallest absolute Gasteiger partial charge is 0.126 e. The zero-order valence-electron chi connectivity index (χ0n) is 11.4. The van der Waals surface area contributed by atoms with Gasteiger partial charge in [-0.2, -0.15) is 0 Å². The minimum Gasteiger partial charge on any atom is -0.485 e. The third-order valence-electron chi connectivity index (χ3n) is 3.33. The molecule has 3 nitrogen and oxygen atoms in total. The third-order valence-corrected chi connectivity index (χ3v) is 3.33. The van der Waals surface area contributed by atoms with E-state index in [9.17, 15) is 5.11 Å². The van der Waals surface area contributed by atoms with E-state index in [0.717, 1.165) is 18.8 Å². The molecule has 0 aliphatic carbocycles. The highest BCUT2D eigenvalue weighted by atomic mass is 16.5. The standard InChI is InChI=1S/C15H23NO2/c1-15(2,12-17)18-14-8-6-13(7-9-14)16-10-4-3-5-11-16/h6-9,17H,3-5,10-12H2,1-2H3. The molecule has 0 bridgehead atoms. The highest BCUT2D eigenvalue weighted by Crippen LogP contribution is 2.24. The maximum atomic E-state index is 9.18. The average Bonchev–Trinajstić information content (AvgIpc) is 2.40. The molecule has 1 saturated heterocycles. The summed E-state index contributed by atoms with van der Waals surface area (Å²) < 4.78 is 5.72. The maximum absolute atomic E-state index is 9.18. The Morgan fingerprint density at radius 2 is 1.72 bits per heavy atom. The molecule has 0 atom stereocenters. The van der Waals surface area contributed by atoms with Crippen LogP contribution in [-0.2, 0) is 0 Å². The lowest BCUT2D eigenvalue weighted by atomic mass is 10.1. The second-order valence-electron chi connectivity index (χ2n) is 5.56. The van der Waals surface area contributed by atoms with Crippen molar-refractivity contribution in [1.82, 2.24) is 0 Å². The molecule has 0 spiro atoms. The average molecular weight is 249 g/mol. The molecular formula is C15H23NO2. The first-order valence-corrected chi connectivity index (χ1v) is 6.76. The fraction of sp³-hybridized carbons (Fsp3) is 0.600. The van der Waals surface area contributed by atoms with Crippen LogP contribution in [0.2, 0.25) is 0 Å². The van der Waals surface area contributed by atoms with Crippen LogP contribution < -0.4 is 9.64 Å². The monoisotopic (exact) mass is 249 g/mol. The highest BCUT2D eigenvalue weighted by Gasteiger charge is 2.18. The molecule has 1 aromatic carbocycles. The summed E-state index contributed by atoms with van der Waals surface area (Å²) in [6.45, 7) is 6.09. The Morgan fingerprint density at radius 3 is 2.28 bits per heavy atom. The largest absolute Gasteiger partial charge is 0.485 e. The van der Waals surface area contributed by atoms with Gasteiger partial charge in [-0.3, -0.25) is 0 Å². The summed E-state index contributed by atoms with van der Waals surface area (Å²) in [6.07, 6.45) is 3.92. The van der Waals surface area contributed by atoms with Crippen molar-refractivity contribution in [2.45, 2.75) is 38.7 Å². The number of aliphatic hydroxyl groups excluding tert-OH is 1. The van der Waals surface area contributed by atoms with Gasteiger partial charge >= 0.3 is 0 Å². The summed E-state index contributed by atoms with van der Waals surface area (Å²) in [4.78, 5) is 2.42. The molecule has 3 heteroatoms. The van der Waals surface area contributed by atoms with E-state index in [2.05, 4.69) is 17.0 Å². The van der Waals surface area contributed by atoms with E-state index in [-0.39, 0.29) is 6.61 Å². The van der Waals surface area contributed by atoms with Gasteiger partial charge in [-0.05, 0) is 57.4 Å². The molecule has 0 amide bonds. The SMILES string of the molecule is CC(C)(CO)Oc1ccc(N2CCCCC2)cc1. The molecule has 1 aliphatic heterocycles. The lowest BCUT2D eigenvalue weighted by molar-refractivity contribution is 0.0412. The fourth-order valence-corrected chi connectivity index (χ4v) is 2.23. The van der Waals surface area contributed by atoms with Crippen LogP contribution in [0.3, 0.4) is 0 Å². The number of nitrogens with zero attached hydrogens (tertiary/aromatic N) is 1.